The number of urea groups is 1. The molecule has 1 heterocycles. The van der Waals surface area contributed by atoms with Gasteiger partial charge in [0.1, 0.15) is 12.6 Å². The third-order valence-corrected chi connectivity index (χ3v) is 3.12. The number of carboxylic acids is 1. The molecule has 20 heavy (non-hydrogen) atoms. The van der Waals surface area contributed by atoms with Gasteiger partial charge in [0.2, 0.25) is 0 Å². The lowest BCUT2D eigenvalue weighted by Gasteiger charge is -2.29. The molecule has 0 unspecified atom stereocenters. The number of amides is 2. The topological polar surface area (TPSA) is 107 Å². The third-order valence-electron chi connectivity index (χ3n) is 3.12. The summed E-state index contributed by atoms with van der Waals surface area (Å²) in [5.74, 6) is -1.73. The minimum absolute atomic E-state index is 0.000732. The minimum atomic E-state index is -1.16. The van der Waals surface area contributed by atoms with Gasteiger partial charge < -0.3 is 24.7 Å². The number of methoxy groups -OCH3 is 1. The van der Waals surface area contributed by atoms with Crippen molar-refractivity contribution in [3.05, 3.63) is 0 Å². The first-order valence-electron chi connectivity index (χ1n) is 6.43. The molecule has 0 saturated carbocycles. The molecule has 1 saturated heterocycles. The molecular weight excluding hydrogens is 268 g/mol. The largest absolute Gasteiger partial charge is 0.480 e. The van der Waals surface area contributed by atoms with E-state index in [4.69, 9.17) is 5.11 Å². The van der Waals surface area contributed by atoms with Gasteiger partial charge in [0.15, 0.2) is 0 Å². The van der Waals surface area contributed by atoms with Gasteiger partial charge in [-0.1, -0.05) is 6.92 Å². The van der Waals surface area contributed by atoms with Gasteiger partial charge in [-0.25, -0.2) is 9.59 Å². The highest BCUT2D eigenvalue weighted by Crippen LogP contribution is 2.20. The standard InChI is InChI=1S/C12H20N2O6/c1-3-4-13(7-10(16)20-2)12(19)14-6-8(15)5-9(14)11(17)18/h8-9,15H,3-7H2,1-2H3,(H,17,18)/t8-,9+/m1/s1. The number of esters is 1. The van der Waals surface area contributed by atoms with Crippen molar-refractivity contribution >= 4 is 18.0 Å². The Morgan fingerprint density at radius 2 is 2.05 bits per heavy atom. The van der Waals surface area contributed by atoms with Crippen molar-refractivity contribution in [2.75, 3.05) is 26.7 Å². The molecular formula is C12H20N2O6. The number of carboxylic acid groups (broad SMARTS) is 1. The van der Waals surface area contributed by atoms with E-state index in [0.717, 1.165) is 4.90 Å². The second-order valence-corrected chi connectivity index (χ2v) is 4.68. The highest BCUT2D eigenvalue weighted by atomic mass is 16.5. The summed E-state index contributed by atoms with van der Waals surface area (Å²) in [6.07, 6.45) is -0.238. The molecule has 1 aliphatic heterocycles. The number of hydrogen-bond donors (Lipinski definition) is 2. The summed E-state index contributed by atoms with van der Waals surface area (Å²) in [5, 5.41) is 18.6. The second kappa shape index (κ2) is 7.09. The van der Waals surface area contributed by atoms with Gasteiger partial charge in [-0.2, -0.15) is 0 Å². The van der Waals surface area contributed by atoms with Crippen LogP contribution in [0.1, 0.15) is 19.8 Å². The normalized spacial score (nSPS) is 21.6. The SMILES string of the molecule is CCCN(CC(=O)OC)C(=O)N1C[C@H](O)C[C@H]1C(=O)O. The number of rotatable bonds is 5. The molecule has 0 aromatic rings. The van der Waals surface area contributed by atoms with Crippen LogP contribution in [0.15, 0.2) is 0 Å². The first kappa shape index (κ1) is 16.2. The number of ether oxygens (including phenoxy) is 1. The van der Waals surface area contributed by atoms with E-state index in [2.05, 4.69) is 4.74 Å². The molecule has 0 spiro atoms. The van der Waals surface area contributed by atoms with Crippen molar-refractivity contribution in [2.24, 2.45) is 0 Å². The predicted octanol–water partition coefficient (Wildman–Crippen LogP) is -0.489. The van der Waals surface area contributed by atoms with Crippen LogP contribution in [0.5, 0.6) is 0 Å². The van der Waals surface area contributed by atoms with Crippen molar-refractivity contribution in [3.8, 4) is 0 Å². The summed E-state index contributed by atoms with van der Waals surface area (Å²) in [6.45, 7) is 1.87. The Morgan fingerprint density at radius 3 is 2.55 bits per heavy atom. The molecule has 0 aliphatic carbocycles. The fourth-order valence-corrected chi connectivity index (χ4v) is 2.17. The average Bonchev–Trinajstić information content (AvgIpc) is 2.79. The molecule has 1 rings (SSSR count). The van der Waals surface area contributed by atoms with Crippen molar-refractivity contribution in [1.82, 2.24) is 9.80 Å². The van der Waals surface area contributed by atoms with Crippen molar-refractivity contribution in [1.29, 1.82) is 0 Å². The van der Waals surface area contributed by atoms with Gasteiger partial charge in [-0.05, 0) is 6.42 Å². The third kappa shape index (κ3) is 3.83. The van der Waals surface area contributed by atoms with E-state index in [-0.39, 0.29) is 19.5 Å². The Bertz CT molecular complexity index is 386. The Balaban J connectivity index is 2.82. The lowest BCUT2D eigenvalue weighted by molar-refractivity contribution is -0.141. The van der Waals surface area contributed by atoms with Crippen molar-refractivity contribution in [3.63, 3.8) is 0 Å². The summed E-state index contributed by atoms with van der Waals surface area (Å²) in [5.41, 5.74) is 0. The first-order valence-corrected chi connectivity index (χ1v) is 6.43. The van der Waals surface area contributed by atoms with Gasteiger partial charge >= 0.3 is 18.0 Å². The molecule has 1 fully saturated rings. The molecule has 0 aromatic heterocycles. The maximum absolute atomic E-state index is 12.3. The van der Waals surface area contributed by atoms with E-state index in [1.165, 1.54) is 12.0 Å². The first-order chi connectivity index (χ1) is 9.40. The van der Waals surface area contributed by atoms with E-state index in [1.54, 1.807) is 0 Å². The summed E-state index contributed by atoms with van der Waals surface area (Å²) < 4.78 is 4.52. The number of β-amino-alcohol motifs (C(OH)–C–C–N with tert-alkyl or cyclic N) is 1. The molecule has 2 atom stereocenters. The molecule has 1 aliphatic rings. The number of carbonyl (C=O) groups is 3. The fourth-order valence-electron chi connectivity index (χ4n) is 2.17. The van der Waals surface area contributed by atoms with Crippen LogP contribution in [0.25, 0.3) is 0 Å². The number of aliphatic hydroxyl groups is 1. The highest BCUT2D eigenvalue weighted by molar-refractivity contribution is 5.86. The van der Waals surface area contributed by atoms with Gasteiger partial charge in [-0.3, -0.25) is 4.79 Å². The molecule has 2 amide bonds. The lowest BCUT2D eigenvalue weighted by atomic mass is 10.2. The van der Waals surface area contributed by atoms with Crippen LogP contribution in [0.2, 0.25) is 0 Å². The zero-order chi connectivity index (χ0) is 15.3. The number of likely N-dealkylation sites (tertiary alicyclic amines) is 1. The van der Waals surface area contributed by atoms with Crippen LogP contribution >= 0.6 is 0 Å². The van der Waals surface area contributed by atoms with Crippen LogP contribution in [0.3, 0.4) is 0 Å². The summed E-state index contributed by atoms with van der Waals surface area (Å²) in [7, 11) is 1.22. The van der Waals surface area contributed by atoms with E-state index >= 15 is 0 Å². The fraction of sp³-hybridized carbons (Fsp3) is 0.750. The van der Waals surface area contributed by atoms with Crippen molar-refractivity contribution in [2.45, 2.75) is 31.9 Å². The number of nitrogens with zero attached hydrogens (tertiary/aromatic N) is 2. The van der Waals surface area contributed by atoms with E-state index < -0.39 is 30.1 Å². The smallest absolute Gasteiger partial charge is 0.326 e. The van der Waals surface area contributed by atoms with Crippen LogP contribution in [0, 0.1) is 0 Å². The van der Waals surface area contributed by atoms with Crippen LogP contribution in [-0.4, -0.2) is 76.9 Å². The number of carbonyl (C=O) groups excluding carboxylic acids is 2. The molecule has 8 nitrogen and oxygen atoms in total. The molecule has 2 N–H and O–H groups in total. The predicted molar refractivity (Wildman–Crippen MR) is 68.0 cm³/mol. The molecule has 0 radical (unpaired) electrons. The monoisotopic (exact) mass is 288 g/mol. The Hall–Kier alpha value is -1.83. The summed E-state index contributed by atoms with van der Waals surface area (Å²) in [6, 6.07) is -1.63. The van der Waals surface area contributed by atoms with E-state index in [0.29, 0.717) is 13.0 Å². The number of hydrogen-bond acceptors (Lipinski definition) is 5. The van der Waals surface area contributed by atoms with Crippen LogP contribution in [-0.2, 0) is 14.3 Å². The number of aliphatic hydroxyl groups excluding tert-OH is 1. The lowest BCUT2D eigenvalue weighted by Crippen LogP contribution is -2.50. The maximum Gasteiger partial charge on any atom is 0.326 e. The zero-order valence-corrected chi connectivity index (χ0v) is 11.6. The highest BCUT2D eigenvalue weighted by Gasteiger charge is 2.40. The van der Waals surface area contributed by atoms with E-state index in [9.17, 15) is 19.5 Å². The quantitative estimate of drug-likeness (QED) is 0.661. The van der Waals surface area contributed by atoms with Crippen LogP contribution < -0.4 is 0 Å². The van der Waals surface area contributed by atoms with Gasteiger partial charge in [0.25, 0.3) is 0 Å². The summed E-state index contributed by atoms with van der Waals surface area (Å²) >= 11 is 0. The zero-order valence-electron chi connectivity index (χ0n) is 11.6. The van der Waals surface area contributed by atoms with Gasteiger partial charge in [0.05, 0.1) is 13.2 Å². The van der Waals surface area contributed by atoms with Gasteiger partial charge in [-0.15, -0.1) is 0 Å². The van der Waals surface area contributed by atoms with Gasteiger partial charge in [0, 0.05) is 19.5 Å². The van der Waals surface area contributed by atoms with E-state index in [1.807, 2.05) is 6.92 Å². The molecule has 0 aromatic carbocycles. The average molecular weight is 288 g/mol. The maximum atomic E-state index is 12.3. The Kier molecular flexibility index (Phi) is 5.75. The Morgan fingerprint density at radius 1 is 1.40 bits per heavy atom. The Labute approximate surface area is 116 Å². The molecule has 8 heteroatoms. The van der Waals surface area contributed by atoms with Crippen LogP contribution in [0.4, 0.5) is 4.79 Å². The summed E-state index contributed by atoms with van der Waals surface area (Å²) in [4.78, 5) is 37.0. The number of aliphatic carboxylic acids is 1. The molecule has 0 bridgehead atoms. The molecule has 114 valence electrons. The van der Waals surface area contributed by atoms with Crippen molar-refractivity contribution < 1.29 is 29.3 Å². The minimum Gasteiger partial charge on any atom is -0.480 e. The second-order valence-electron chi connectivity index (χ2n) is 4.68.